The second kappa shape index (κ2) is 8.94. The van der Waals surface area contributed by atoms with Crippen LogP contribution in [-0.4, -0.2) is 40.6 Å². The van der Waals surface area contributed by atoms with E-state index in [9.17, 15) is 10.4 Å². The van der Waals surface area contributed by atoms with Gasteiger partial charge >= 0.3 is 7.12 Å². The molecule has 2 fully saturated rings. The first-order valence-electron chi connectivity index (χ1n) is 12.4. The van der Waals surface area contributed by atoms with Gasteiger partial charge in [0, 0.05) is 23.2 Å². The molecule has 0 radical (unpaired) electrons. The van der Waals surface area contributed by atoms with Crippen molar-refractivity contribution in [3.8, 4) is 17.3 Å². The molecule has 35 heavy (non-hydrogen) atoms. The van der Waals surface area contributed by atoms with E-state index in [-0.39, 0.29) is 12.1 Å². The van der Waals surface area contributed by atoms with Crippen LogP contribution >= 0.6 is 0 Å². The van der Waals surface area contributed by atoms with Crippen LogP contribution < -0.4 is 10.8 Å². The molecule has 3 aromatic rings. The van der Waals surface area contributed by atoms with Gasteiger partial charge in [0.1, 0.15) is 6.07 Å². The minimum absolute atomic E-state index is 0.215. The SMILES string of the molecule is CC1(C)OB(c2cccc3c(-c4ccc(C#N)c(NC5CCC(O)CC5)c4)nccc23)OC1(C)C. The van der Waals surface area contributed by atoms with Crippen molar-refractivity contribution < 1.29 is 14.4 Å². The number of hydrogen-bond acceptors (Lipinski definition) is 6. The van der Waals surface area contributed by atoms with E-state index in [4.69, 9.17) is 14.3 Å². The Morgan fingerprint density at radius 1 is 1.00 bits per heavy atom. The lowest BCUT2D eigenvalue weighted by Gasteiger charge is -2.32. The van der Waals surface area contributed by atoms with E-state index in [1.54, 1.807) is 0 Å². The number of rotatable bonds is 4. The lowest BCUT2D eigenvalue weighted by Crippen LogP contribution is -2.41. The maximum atomic E-state index is 9.84. The van der Waals surface area contributed by atoms with Crippen molar-refractivity contribution in [2.24, 2.45) is 0 Å². The summed E-state index contributed by atoms with van der Waals surface area (Å²) in [5, 5.41) is 25.1. The first-order valence-corrected chi connectivity index (χ1v) is 12.4. The van der Waals surface area contributed by atoms with Crippen molar-refractivity contribution in [2.45, 2.75) is 76.7 Å². The van der Waals surface area contributed by atoms with E-state index in [1.165, 1.54) is 0 Å². The summed E-state index contributed by atoms with van der Waals surface area (Å²) < 4.78 is 12.7. The van der Waals surface area contributed by atoms with E-state index in [2.05, 4.69) is 51.2 Å². The number of aliphatic hydroxyl groups excluding tert-OH is 1. The fourth-order valence-corrected chi connectivity index (χ4v) is 4.99. The highest BCUT2D eigenvalue weighted by Crippen LogP contribution is 2.38. The van der Waals surface area contributed by atoms with Crippen LogP contribution in [0.1, 0.15) is 58.9 Å². The molecule has 0 spiro atoms. The Bertz CT molecular complexity index is 1280. The molecule has 1 saturated carbocycles. The summed E-state index contributed by atoms with van der Waals surface area (Å²) >= 11 is 0. The van der Waals surface area contributed by atoms with E-state index in [1.807, 2.05) is 36.5 Å². The molecule has 2 aliphatic rings. The summed E-state index contributed by atoms with van der Waals surface area (Å²) in [6.45, 7) is 8.24. The van der Waals surface area contributed by atoms with Crippen molar-refractivity contribution in [1.29, 1.82) is 5.26 Å². The van der Waals surface area contributed by atoms with Gasteiger partial charge in [0.05, 0.1) is 34.3 Å². The summed E-state index contributed by atoms with van der Waals surface area (Å²) in [6.07, 6.45) is 4.95. The Hall–Kier alpha value is -2.92. The van der Waals surface area contributed by atoms with Crippen molar-refractivity contribution in [3.05, 3.63) is 54.2 Å². The van der Waals surface area contributed by atoms with Gasteiger partial charge in [-0.05, 0) is 82.4 Å². The Balaban J connectivity index is 1.52. The van der Waals surface area contributed by atoms with Crippen LogP contribution in [0.25, 0.3) is 22.0 Å². The third kappa shape index (κ3) is 4.43. The van der Waals surface area contributed by atoms with Gasteiger partial charge in [-0.2, -0.15) is 5.26 Å². The minimum atomic E-state index is -0.459. The molecule has 0 bridgehead atoms. The van der Waals surface area contributed by atoms with E-state index < -0.39 is 18.3 Å². The number of hydrogen-bond donors (Lipinski definition) is 2. The molecule has 2 aromatic carbocycles. The van der Waals surface area contributed by atoms with Crippen molar-refractivity contribution >= 4 is 29.0 Å². The highest BCUT2D eigenvalue weighted by molar-refractivity contribution is 6.65. The number of aliphatic hydroxyl groups is 1. The fourth-order valence-electron chi connectivity index (χ4n) is 4.99. The van der Waals surface area contributed by atoms with Gasteiger partial charge in [-0.3, -0.25) is 4.98 Å². The number of anilines is 1. The molecule has 0 unspecified atom stereocenters. The second-order valence-corrected chi connectivity index (χ2v) is 10.7. The summed E-state index contributed by atoms with van der Waals surface area (Å²) in [5.41, 5.74) is 3.37. The molecule has 1 saturated heterocycles. The molecule has 0 atom stereocenters. The molecule has 2 N–H and O–H groups in total. The van der Waals surface area contributed by atoms with Crippen LogP contribution in [0.2, 0.25) is 0 Å². The summed E-state index contributed by atoms with van der Waals surface area (Å²) in [4.78, 5) is 4.73. The number of fused-ring (bicyclic) bond motifs is 1. The topological polar surface area (TPSA) is 87.4 Å². The summed E-state index contributed by atoms with van der Waals surface area (Å²) in [7, 11) is -0.459. The number of nitrogens with zero attached hydrogens (tertiary/aromatic N) is 2. The smallest absolute Gasteiger partial charge is 0.399 e. The molecular formula is C28H32BN3O3. The number of nitriles is 1. The molecule has 1 aliphatic heterocycles. The fraction of sp³-hybridized carbons (Fsp3) is 0.429. The average molecular weight is 469 g/mol. The highest BCUT2D eigenvalue weighted by Gasteiger charge is 2.52. The van der Waals surface area contributed by atoms with Crippen LogP contribution in [-0.2, 0) is 9.31 Å². The lowest BCUT2D eigenvalue weighted by molar-refractivity contribution is 0.00578. The molecule has 0 amide bonds. The number of benzene rings is 2. The predicted molar refractivity (Wildman–Crippen MR) is 139 cm³/mol. The maximum absolute atomic E-state index is 9.84. The van der Waals surface area contributed by atoms with Crippen LogP contribution in [0.15, 0.2) is 48.7 Å². The summed E-state index contributed by atoms with van der Waals surface area (Å²) in [5.74, 6) is 0. The monoisotopic (exact) mass is 469 g/mol. The molecule has 2 heterocycles. The van der Waals surface area contributed by atoms with Gasteiger partial charge in [0.2, 0.25) is 0 Å². The number of pyridine rings is 1. The largest absolute Gasteiger partial charge is 0.495 e. The van der Waals surface area contributed by atoms with Crippen LogP contribution in [0.4, 0.5) is 5.69 Å². The molecule has 7 heteroatoms. The highest BCUT2D eigenvalue weighted by atomic mass is 16.7. The lowest BCUT2D eigenvalue weighted by atomic mass is 9.76. The molecule has 5 rings (SSSR count). The van der Waals surface area contributed by atoms with Gasteiger partial charge in [0.25, 0.3) is 0 Å². The Labute approximate surface area is 207 Å². The standard InChI is InChI=1S/C28H32BN3O3/c1-27(2)28(3,4)35-29(34-27)24-7-5-6-23-22(24)14-15-31-26(23)18-8-9-19(17-30)25(16-18)32-20-10-12-21(33)13-11-20/h5-9,14-16,20-21,32-33H,10-13H2,1-4H3. The Morgan fingerprint density at radius 3 is 2.40 bits per heavy atom. The van der Waals surface area contributed by atoms with E-state index >= 15 is 0 Å². The van der Waals surface area contributed by atoms with Gasteiger partial charge in [-0.15, -0.1) is 0 Å². The van der Waals surface area contributed by atoms with Crippen LogP contribution in [0.5, 0.6) is 0 Å². The first-order chi connectivity index (χ1) is 16.7. The number of nitrogens with one attached hydrogen (secondary N) is 1. The molecule has 1 aromatic heterocycles. The van der Waals surface area contributed by atoms with Crippen LogP contribution in [0.3, 0.4) is 0 Å². The Kier molecular flexibility index (Phi) is 6.08. The molecular weight excluding hydrogens is 437 g/mol. The average Bonchev–Trinajstić information content (AvgIpc) is 3.06. The van der Waals surface area contributed by atoms with E-state index in [0.717, 1.165) is 58.9 Å². The minimum Gasteiger partial charge on any atom is -0.399 e. The third-order valence-corrected chi connectivity index (χ3v) is 7.82. The normalized spacial score (nSPS) is 23.3. The zero-order valence-corrected chi connectivity index (χ0v) is 20.8. The van der Waals surface area contributed by atoms with Gasteiger partial charge < -0.3 is 19.7 Å². The number of aromatic nitrogens is 1. The summed E-state index contributed by atoms with van der Waals surface area (Å²) in [6, 6.07) is 16.5. The zero-order chi connectivity index (χ0) is 24.8. The van der Waals surface area contributed by atoms with Crippen molar-refractivity contribution in [3.63, 3.8) is 0 Å². The third-order valence-electron chi connectivity index (χ3n) is 7.82. The molecule has 1 aliphatic carbocycles. The van der Waals surface area contributed by atoms with Crippen molar-refractivity contribution in [2.75, 3.05) is 5.32 Å². The zero-order valence-electron chi connectivity index (χ0n) is 20.8. The Morgan fingerprint density at radius 2 is 1.71 bits per heavy atom. The maximum Gasteiger partial charge on any atom is 0.495 e. The van der Waals surface area contributed by atoms with Gasteiger partial charge in [0.15, 0.2) is 0 Å². The quantitative estimate of drug-likeness (QED) is 0.535. The van der Waals surface area contributed by atoms with E-state index in [0.29, 0.717) is 5.56 Å². The van der Waals surface area contributed by atoms with Crippen LogP contribution in [0, 0.1) is 11.3 Å². The van der Waals surface area contributed by atoms with Gasteiger partial charge in [-0.25, -0.2) is 0 Å². The van der Waals surface area contributed by atoms with Crippen molar-refractivity contribution in [1.82, 2.24) is 4.98 Å². The molecule has 6 nitrogen and oxygen atoms in total. The molecule has 180 valence electrons. The first kappa shape index (κ1) is 23.8. The second-order valence-electron chi connectivity index (χ2n) is 10.7. The predicted octanol–water partition coefficient (Wildman–Crippen LogP) is 4.79. The van der Waals surface area contributed by atoms with Gasteiger partial charge in [-0.1, -0.05) is 24.3 Å².